The number of carbonyl (C=O) groups is 1. The third-order valence-electron chi connectivity index (χ3n) is 4.45. The van der Waals surface area contributed by atoms with Gasteiger partial charge in [0.2, 0.25) is 0 Å². The van der Waals surface area contributed by atoms with E-state index in [0.29, 0.717) is 19.6 Å². The molecule has 118 valence electrons. The summed E-state index contributed by atoms with van der Waals surface area (Å²) in [5.41, 5.74) is 5.35. The van der Waals surface area contributed by atoms with E-state index in [9.17, 15) is 4.79 Å². The van der Waals surface area contributed by atoms with Gasteiger partial charge >= 0.3 is 5.97 Å². The van der Waals surface area contributed by atoms with Crippen molar-refractivity contribution >= 4 is 16.9 Å². The van der Waals surface area contributed by atoms with Crippen molar-refractivity contribution in [3.63, 3.8) is 0 Å². The number of hydrogen-bond donors (Lipinski definition) is 0. The Morgan fingerprint density at radius 3 is 2.95 bits per heavy atom. The SMILES string of the molecule is CCOC(=O)CCn1c2c(c3cc(C)ccc31)CCN(C)C2. The average Bonchev–Trinajstić information content (AvgIpc) is 2.78. The third kappa shape index (κ3) is 2.75. The van der Waals surface area contributed by atoms with Crippen LogP contribution in [0.4, 0.5) is 0 Å². The Morgan fingerprint density at radius 1 is 1.36 bits per heavy atom. The molecule has 0 bridgehead atoms. The molecule has 1 aliphatic heterocycles. The molecular weight excluding hydrogens is 276 g/mol. The molecule has 0 unspecified atom stereocenters. The predicted molar refractivity (Wildman–Crippen MR) is 88.0 cm³/mol. The number of likely N-dealkylation sites (N-methyl/N-ethyl adjacent to an activating group) is 1. The molecule has 0 saturated heterocycles. The maximum absolute atomic E-state index is 11.7. The van der Waals surface area contributed by atoms with Crippen LogP contribution in [-0.2, 0) is 29.0 Å². The second-order valence-corrected chi connectivity index (χ2v) is 6.14. The summed E-state index contributed by atoms with van der Waals surface area (Å²) in [4.78, 5) is 14.1. The van der Waals surface area contributed by atoms with Crippen molar-refractivity contribution in [1.29, 1.82) is 0 Å². The second kappa shape index (κ2) is 6.13. The molecule has 1 aromatic heterocycles. The van der Waals surface area contributed by atoms with Crippen LogP contribution in [0.1, 0.15) is 30.2 Å². The summed E-state index contributed by atoms with van der Waals surface area (Å²) in [6.07, 6.45) is 1.51. The summed E-state index contributed by atoms with van der Waals surface area (Å²) in [5, 5.41) is 1.35. The molecule has 3 rings (SSSR count). The van der Waals surface area contributed by atoms with E-state index in [-0.39, 0.29) is 5.97 Å². The van der Waals surface area contributed by atoms with Gasteiger partial charge in [-0.3, -0.25) is 4.79 Å². The molecule has 0 fully saturated rings. The van der Waals surface area contributed by atoms with Gasteiger partial charge in [0.1, 0.15) is 0 Å². The van der Waals surface area contributed by atoms with E-state index in [0.717, 1.165) is 19.5 Å². The Bertz CT molecular complexity index is 703. The molecule has 0 spiro atoms. The van der Waals surface area contributed by atoms with Crippen molar-refractivity contribution in [2.24, 2.45) is 0 Å². The number of fused-ring (bicyclic) bond motifs is 3. The van der Waals surface area contributed by atoms with Crippen LogP contribution in [0, 0.1) is 6.92 Å². The molecule has 22 heavy (non-hydrogen) atoms. The van der Waals surface area contributed by atoms with Gasteiger partial charge in [0.05, 0.1) is 13.0 Å². The van der Waals surface area contributed by atoms with Gasteiger partial charge in [-0.2, -0.15) is 0 Å². The first-order valence-electron chi connectivity index (χ1n) is 8.05. The standard InChI is InChI=1S/C18H24N2O2/c1-4-22-18(21)8-10-20-16-6-5-13(2)11-15(16)14-7-9-19(3)12-17(14)20/h5-6,11H,4,7-10,12H2,1-3H3. The van der Waals surface area contributed by atoms with E-state index < -0.39 is 0 Å². The fourth-order valence-electron chi connectivity index (χ4n) is 3.38. The average molecular weight is 300 g/mol. The zero-order chi connectivity index (χ0) is 15.7. The van der Waals surface area contributed by atoms with Gasteiger partial charge in [-0.15, -0.1) is 0 Å². The minimum absolute atomic E-state index is 0.116. The fourth-order valence-corrected chi connectivity index (χ4v) is 3.38. The number of esters is 1. The molecule has 0 atom stereocenters. The van der Waals surface area contributed by atoms with Gasteiger partial charge in [0.25, 0.3) is 0 Å². The first kappa shape index (κ1) is 15.1. The summed E-state index contributed by atoms with van der Waals surface area (Å²) in [7, 11) is 2.15. The number of ether oxygens (including phenoxy) is 1. The largest absolute Gasteiger partial charge is 0.466 e. The lowest BCUT2D eigenvalue weighted by molar-refractivity contribution is -0.143. The van der Waals surface area contributed by atoms with Crippen molar-refractivity contribution in [1.82, 2.24) is 9.47 Å². The Labute approximate surface area is 131 Å². The van der Waals surface area contributed by atoms with Gasteiger partial charge in [-0.1, -0.05) is 11.6 Å². The normalized spacial score (nSPS) is 15.0. The number of benzene rings is 1. The first-order valence-corrected chi connectivity index (χ1v) is 8.05. The van der Waals surface area contributed by atoms with Crippen LogP contribution in [0.5, 0.6) is 0 Å². The number of aryl methyl sites for hydroxylation is 2. The Morgan fingerprint density at radius 2 is 2.18 bits per heavy atom. The fraction of sp³-hybridized carbons (Fsp3) is 0.500. The van der Waals surface area contributed by atoms with Crippen molar-refractivity contribution in [3.05, 3.63) is 35.0 Å². The highest BCUT2D eigenvalue weighted by Crippen LogP contribution is 2.31. The summed E-state index contributed by atoms with van der Waals surface area (Å²) >= 11 is 0. The minimum atomic E-state index is -0.116. The Kier molecular flexibility index (Phi) is 4.21. The van der Waals surface area contributed by atoms with Crippen LogP contribution in [0.3, 0.4) is 0 Å². The lowest BCUT2D eigenvalue weighted by Gasteiger charge is -2.24. The molecule has 0 amide bonds. The maximum Gasteiger partial charge on any atom is 0.307 e. The predicted octanol–water partition coefficient (Wildman–Crippen LogP) is 2.89. The van der Waals surface area contributed by atoms with Crippen molar-refractivity contribution < 1.29 is 9.53 Å². The number of nitrogens with zero attached hydrogens (tertiary/aromatic N) is 2. The summed E-state index contributed by atoms with van der Waals surface area (Å²) < 4.78 is 7.39. The number of carbonyl (C=O) groups excluding carboxylic acids is 1. The zero-order valence-electron chi connectivity index (χ0n) is 13.7. The third-order valence-corrected chi connectivity index (χ3v) is 4.45. The summed E-state index contributed by atoms with van der Waals surface area (Å²) in [6.45, 7) is 7.18. The van der Waals surface area contributed by atoms with Gasteiger partial charge in [0, 0.05) is 36.2 Å². The van der Waals surface area contributed by atoms with Crippen molar-refractivity contribution in [2.45, 2.75) is 39.8 Å². The van der Waals surface area contributed by atoms with Crippen molar-refractivity contribution in [3.8, 4) is 0 Å². The lowest BCUT2D eigenvalue weighted by Crippen LogP contribution is -2.28. The number of aromatic nitrogens is 1. The molecule has 0 saturated carbocycles. The van der Waals surface area contributed by atoms with Crippen LogP contribution >= 0.6 is 0 Å². The molecule has 1 aromatic carbocycles. The van der Waals surface area contributed by atoms with E-state index >= 15 is 0 Å². The van der Waals surface area contributed by atoms with Crippen LogP contribution in [0.25, 0.3) is 10.9 Å². The number of rotatable bonds is 4. The highest BCUT2D eigenvalue weighted by atomic mass is 16.5. The molecule has 1 aliphatic rings. The second-order valence-electron chi connectivity index (χ2n) is 6.14. The Balaban J connectivity index is 2.00. The minimum Gasteiger partial charge on any atom is -0.466 e. The first-order chi connectivity index (χ1) is 10.6. The molecule has 2 heterocycles. The molecular formula is C18H24N2O2. The van der Waals surface area contributed by atoms with E-state index in [1.165, 1.54) is 27.7 Å². The summed E-state index contributed by atoms with van der Waals surface area (Å²) in [5.74, 6) is -0.116. The lowest BCUT2D eigenvalue weighted by atomic mass is 10.0. The van der Waals surface area contributed by atoms with E-state index in [2.05, 4.69) is 41.6 Å². The highest BCUT2D eigenvalue weighted by molar-refractivity contribution is 5.86. The molecule has 0 N–H and O–H groups in total. The molecule has 2 aromatic rings. The van der Waals surface area contributed by atoms with Crippen LogP contribution in [-0.4, -0.2) is 35.6 Å². The van der Waals surface area contributed by atoms with Crippen LogP contribution < -0.4 is 0 Å². The Hall–Kier alpha value is -1.81. The van der Waals surface area contributed by atoms with Gasteiger partial charge < -0.3 is 14.2 Å². The zero-order valence-corrected chi connectivity index (χ0v) is 13.7. The van der Waals surface area contributed by atoms with Gasteiger partial charge in [-0.05, 0) is 45.0 Å². The molecule has 0 radical (unpaired) electrons. The van der Waals surface area contributed by atoms with Crippen LogP contribution in [0.2, 0.25) is 0 Å². The molecule has 0 aliphatic carbocycles. The van der Waals surface area contributed by atoms with Crippen molar-refractivity contribution in [2.75, 3.05) is 20.2 Å². The highest BCUT2D eigenvalue weighted by Gasteiger charge is 2.22. The van der Waals surface area contributed by atoms with Gasteiger partial charge in [0.15, 0.2) is 0 Å². The number of hydrogen-bond acceptors (Lipinski definition) is 3. The summed E-state index contributed by atoms with van der Waals surface area (Å²) in [6, 6.07) is 6.62. The molecule has 4 nitrogen and oxygen atoms in total. The topological polar surface area (TPSA) is 34.5 Å². The monoisotopic (exact) mass is 300 g/mol. The van der Waals surface area contributed by atoms with Gasteiger partial charge in [-0.25, -0.2) is 0 Å². The van der Waals surface area contributed by atoms with E-state index in [1.807, 2.05) is 6.92 Å². The van der Waals surface area contributed by atoms with E-state index in [4.69, 9.17) is 4.74 Å². The smallest absolute Gasteiger partial charge is 0.307 e. The van der Waals surface area contributed by atoms with Crippen LogP contribution in [0.15, 0.2) is 18.2 Å². The maximum atomic E-state index is 11.7. The van der Waals surface area contributed by atoms with E-state index in [1.54, 1.807) is 0 Å². The molecule has 4 heteroatoms. The quantitative estimate of drug-likeness (QED) is 0.814.